The third kappa shape index (κ3) is 4.04. The van der Waals surface area contributed by atoms with Crippen molar-refractivity contribution in [2.45, 2.75) is 38.6 Å². The van der Waals surface area contributed by atoms with Crippen molar-refractivity contribution in [1.82, 2.24) is 29.5 Å². The minimum atomic E-state index is -0.120. The fraction of sp³-hybridized carbons (Fsp3) is 0.588. The molecule has 142 valence electrons. The number of rotatable bonds is 7. The molecule has 0 spiro atoms. The molecule has 8 nitrogen and oxygen atoms in total. The lowest BCUT2D eigenvalue weighted by molar-refractivity contribution is 0.146. The number of urea groups is 1. The Morgan fingerprint density at radius 1 is 1.46 bits per heavy atom. The highest BCUT2D eigenvalue weighted by atomic mass is 32.2. The molecule has 0 aromatic carbocycles. The number of hydrogen-bond acceptors (Lipinski definition) is 5. The van der Waals surface area contributed by atoms with E-state index in [0.717, 1.165) is 40.1 Å². The van der Waals surface area contributed by atoms with Gasteiger partial charge in [0.05, 0.1) is 31.1 Å². The summed E-state index contributed by atoms with van der Waals surface area (Å²) in [5.41, 5.74) is 3.99. The van der Waals surface area contributed by atoms with Crippen LogP contribution in [0.3, 0.4) is 0 Å². The number of aromatic nitrogens is 4. The highest BCUT2D eigenvalue weighted by Gasteiger charge is 2.19. The molecule has 26 heavy (non-hydrogen) atoms. The van der Waals surface area contributed by atoms with Gasteiger partial charge in [-0.1, -0.05) is 11.8 Å². The third-order valence-corrected chi connectivity index (χ3v) is 5.60. The average molecular weight is 379 g/mol. The van der Waals surface area contributed by atoms with Crippen LogP contribution in [0.2, 0.25) is 0 Å². The number of methoxy groups -OCH3 is 1. The van der Waals surface area contributed by atoms with Crippen molar-refractivity contribution in [2.24, 2.45) is 7.05 Å². The first-order chi connectivity index (χ1) is 12.5. The molecule has 1 N–H and O–H groups in total. The van der Waals surface area contributed by atoms with Crippen LogP contribution in [0.25, 0.3) is 0 Å². The van der Waals surface area contributed by atoms with E-state index in [1.54, 1.807) is 23.8 Å². The fourth-order valence-electron chi connectivity index (χ4n) is 3.02. The number of nitrogens with zero attached hydrogens (tertiary/aromatic N) is 5. The van der Waals surface area contributed by atoms with E-state index in [0.29, 0.717) is 26.2 Å². The SMILES string of the molecule is COCCN(Cc1c(C)nn(C)c1C)C(=O)NCc1cn2c(n1)SCC2. The van der Waals surface area contributed by atoms with Crippen molar-refractivity contribution in [3.05, 3.63) is 28.8 Å². The van der Waals surface area contributed by atoms with E-state index in [2.05, 4.69) is 20.0 Å². The Kier molecular flexibility index (Phi) is 5.87. The van der Waals surface area contributed by atoms with Crippen LogP contribution in [0.1, 0.15) is 22.6 Å². The summed E-state index contributed by atoms with van der Waals surface area (Å²) in [7, 11) is 3.56. The number of carbonyl (C=O) groups is 1. The first-order valence-electron chi connectivity index (χ1n) is 8.69. The number of thioether (sulfide) groups is 1. The third-order valence-electron chi connectivity index (χ3n) is 4.63. The van der Waals surface area contributed by atoms with E-state index < -0.39 is 0 Å². The second-order valence-corrected chi connectivity index (χ2v) is 7.46. The van der Waals surface area contributed by atoms with Crippen LogP contribution in [0.15, 0.2) is 11.4 Å². The number of nitrogens with one attached hydrogen (secondary N) is 1. The highest BCUT2D eigenvalue weighted by molar-refractivity contribution is 7.99. The Labute approximate surface area is 157 Å². The lowest BCUT2D eigenvalue weighted by atomic mass is 10.2. The number of amides is 2. The van der Waals surface area contributed by atoms with Gasteiger partial charge < -0.3 is 19.5 Å². The molecule has 2 aromatic heterocycles. The van der Waals surface area contributed by atoms with Crippen LogP contribution in [0.5, 0.6) is 0 Å². The summed E-state index contributed by atoms with van der Waals surface area (Å²) in [5, 5.41) is 8.45. The number of hydrogen-bond donors (Lipinski definition) is 1. The standard InChI is InChI=1S/C17H26N6O2S/c1-12-15(13(2)21(3)20-12)11-22(5-7-25-4)16(24)18-9-14-10-23-6-8-26-17(23)19-14/h10H,5-9,11H2,1-4H3,(H,18,24). The minimum Gasteiger partial charge on any atom is -0.383 e. The van der Waals surface area contributed by atoms with E-state index in [9.17, 15) is 4.79 Å². The highest BCUT2D eigenvalue weighted by Crippen LogP contribution is 2.24. The van der Waals surface area contributed by atoms with Gasteiger partial charge in [-0.05, 0) is 13.8 Å². The van der Waals surface area contributed by atoms with Crippen molar-refractivity contribution in [3.8, 4) is 0 Å². The van der Waals surface area contributed by atoms with Crippen molar-refractivity contribution in [3.63, 3.8) is 0 Å². The molecular formula is C17H26N6O2S. The van der Waals surface area contributed by atoms with Gasteiger partial charge in [0.1, 0.15) is 0 Å². The Morgan fingerprint density at radius 2 is 2.27 bits per heavy atom. The van der Waals surface area contributed by atoms with E-state index >= 15 is 0 Å². The zero-order valence-electron chi connectivity index (χ0n) is 15.8. The van der Waals surface area contributed by atoms with Crippen molar-refractivity contribution in [2.75, 3.05) is 26.0 Å². The van der Waals surface area contributed by atoms with Gasteiger partial charge in [-0.25, -0.2) is 9.78 Å². The monoisotopic (exact) mass is 378 g/mol. The molecule has 0 saturated heterocycles. The molecule has 0 radical (unpaired) electrons. The molecule has 2 amide bonds. The first-order valence-corrected chi connectivity index (χ1v) is 9.67. The van der Waals surface area contributed by atoms with Gasteiger partial charge in [-0.2, -0.15) is 5.10 Å². The molecule has 0 saturated carbocycles. The topological polar surface area (TPSA) is 77.2 Å². The summed E-state index contributed by atoms with van der Waals surface area (Å²) in [5.74, 6) is 1.07. The maximum absolute atomic E-state index is 12.7. The predicted octanol–water partition coefficient (Wildman–Crippen LogP) is 1.70. The predicted molar refractivity (Wildman–Crippen MR) is 100 cm³/mol. The number of carbonyl (C=O) groups excluding carboxylic acids is 1. The van der Waals surface area contributed by atoms with Crippen LogP contribution in [-0.4, -0.2) is 56.3 Å². The second kappa shape index (κ2) is 8.13. The molecular weight excluding hydrogens is 352 g/mol. The summed E-state index contributed by atoms with van der Waals surface area (Å²) in [6, 6.07) is -0.120. The first kappa shape index (κ1) is 18.8. The normalized spacial score (nSPS) is 13.1. The van der Waals surface area contributed by atoms with Gasteiger partial charge in [0.25, 0.3) is 0 Å². The van der Waals surface area contributed by atoms with E-state index in [4.69, 9.17) is 4.74 Å². The Morgan fingerprint density at radius 3 is 2.92 bits per heavy atom. The molecule has 3 heterocycles. The summed E-state index contributed by atoms with van der Waals surface area (Å²) < 4.78 is 9.15. The summed E-state index contributed by atoms with van der Waals surface area (Å²) in [6.45, 7) is 6.92. The van der Waals surface area contributed by atoms with Gasteiger partial charge in [0.2, 0.25) is 0 Å². The Bertz CT molecular complexity index is 763. The maximum Gasteiger partial charge on any atom is 0.318 e. The number of ether oxygens (including phenoxy) is 1. The van der Waals surface area contributed by atoms with E-state index in [1.165, 1.54) is 0 Å². The molecule has 1 aliphatic heterocycles. The fourth-order valence-corrected chi connectivity index (χ4v) is 3.98. The van der Waals surface area contributed by atoms with Gasteiger partial charge in [-0.15, -0.1) is 0 Å². The Hall–Kier alpha value is -2.00. The van der Waals surface area contributed by atoms with Crippen molar-refractivity contribution < 1.29 is 9.53 Å². The molecule has 0 unspecified atom stereocenters. The van der Waals surface area contributed by atoms with Crippen LogP contribution < -0.4 is 5.32 Å². The Balaban J connectivity index is 1.64. The zero-order chi connectivity index (χ0) is 18.7. The number of imidazole rings is 1. The lowest BCUT2D eigenvalue weighted by Gasteiger charge is -2.23. The van der Waals surface area contributed by atoms with Crippen LogP contribution >= 0.6 is 11.8 Å². The molecule has 0 bridgehead atoms. The van der Waals surface area contributed by atoms with Gasteiger partial charge in [0, 0.05) is 50.5 Å². The summed E-state index contributed by atoms with van der Waals surface area (Å²) >= 11 is 1.75. The largest absolute Gasteiger partial charge is 0.383 e. The van der Waals surface area contributed by atoms with Gasteiger partial charge in [0.15, 0.2) is 5.16 Å². The van der Waals surface area contributed by atoms with Gasteiger partial charge >= 0.3 is 6.03 Å². The van der Waals surface area contributed by atoms with Crippen LogP contribution in [0.4, 0.5) is 4.79 Å². The molecule has 2 aromatic rings. The lowest BCUT2D eigenvalue weighted by Crippen LogP contribution is -2.41. The average Bonchev–Trinajstić information content (AvgIpc) is 3.26. The van der Waals surface area contributed by atoms with E-state index in [-0.39, 0.29) is 6.03 Å². The van der Waals surface area contributed by atoms with Crippen LogP contribution in [-0.2, 0) is 31.4 Å². The van der Waals surface area contributed by atoms with E-state index in [1.807, 2.05) is 31.8 Å². The van der Waals surface area contributed by atoms with Crippen LogP contribution in [0, 0.1) is 13.8 Å². The molecule has 3 rings (SSSR count). The van der Waals surface area contributed by atoms with Crippen molar-refractivity contribution in [1.29, 1.82) is 0 Å². The molecule has 0 aliphatic carbocycles. The molecule has 0 atom stereocenters. The smallest absolute Gasteiger partial charge is 0.318 e. The minimum absolute atomic E-state index is 0.120. The quantitative estimate of drug-likeness (QED) is 0.793. The maximum atomic E-state index is 12.7. The summed E-state index contributed by atoms with van der Waals surface area (Å²) in [6.07, 6.45) is 2.02. The number of fused-ring (bicyclic) bond motifs is 1. The summed E-state index contributed by atoms with van der Waals surface area (Å²) in [4.78, 5) is 19.0. The molecule has 0 fully saturated rings. The zero-order valence-corrected chi connectivity index (χ0v) is 16.6. The molecule has 9 heteroatoms. The number of aryl methyl sites for hydroxylation is 3. The molecule has 1 aliphatic rings. The van der Waals surface area contributed by atoms with Crippen molar-refractivity contribution >= 4 is 17.8 Å². The second-order valence-electron chi connectivity index (χ2n) is 6.40. The van der Waals surface area contributed by atoms with Gasteiger partial charge in [-0.3, -0.25) is 4.68 Å².